The second-order valence-corrected chi connectivity index (χ2v) is 7.49. The zero-order valence-corrected chi connectivity index (χ0v) is 17.2. The summed E-state index contributed by atoms with van der Waals surface area (Å²) in [6, 6.07) is 9.55. The SMILES string of the molecule is CN=CC(C=N)c1cnc2[nH]cc(-c3ccc(NC(=O)CC(C)C)c(C#N)c3)c2c1. The van der Waals surface area contributed by atoms with Gasteiger partial charge < -0.3 is 15.7 Å². The van der Waals surface area contributed by atoms with Crippen molar-refractivity contribution >= 4 is 35.1 Å². The van der Waals surface area contributed by atoms with Gasteiger partial charge in [-0.25, -0.2) is 4.98 Å². The first kappa shape index (κ1) is 20.9. The molecule has 2 heterocycles. The Labute approximate surface area is 175 Å². The van der Waals surface area contributed by atoms with Crippen molar-refractivity contribution in [1.82, 2.24) is 9.97 Å². The number of fused-ring (bicyclic) bond motifs is 1. The Morgan fingerprint density at radius 2 is 2.20 bits per heavy atom. The van der Waals surface area contributed by atoms with Gasteiger partial charge in [0, 0.05) is 49.2 Å². The number of amides is 1. The molecule has 3 aromatic rings. The Kier molecular flexibility index (Phi) is 6.38. The molecule has 1 aromatic carbocycles. The summed E-state index contributed by atoms with van der Waals surface area (Å²) in [7, 11) is 1.68. The van der Waals surface area contributed by atoms with E-state index in [1.54, 1.807) is 31.6 Å². The van der Waals surface area contributed by atoms with Crippen molar-refractivity contribution in [2.45, 2.75) is 26.2 Å². The highest BCUT2D eigenvalue weighted by atomic mass is 16.1. The standard InChI is InChI=1S/C23H24N6O/c1-14(2)6-22(30)29-21-5-4-15(7-16(21)9-24)20-13-28-23-19(20)8-17(12-27-23)18(10-25)11-26-3/h4-5,7-8,10-14,18,25H,6H2,1-3H3,(H,27,28)(H,29,30). The van der Waals surface area contributed by atoms with Gasteiger partial charge in [-0.3, -0.25) is 9.79 Å². The van der Waals surface area contributed by atoms with Gasteiger partial charge in [0.05, 0.1) is 17.2 Å². The van der Waals surface area contributed by atoms with Crippen LogP contribution in [0.25, 0.3) is 22.2 Å². The van der Waals surface area contributed by atoms with Crippen molar-refractivity contribution in [3.8, 4) is 17.2 Å². The average molecular weight is 400 g/mol. The van der Waals surface area contributed by atoms with Crippen LogP contribution in [-0.2, 0) is 4.79 Å². The van der Waals surface area contributed by atoms with E-state index >= 15 is 0 Å². The highest BCUT2D eigenvalue weighted by Crippen LogP contribution is 2.32. The Bertz CT molecular complexity index is 1150. The van der Waals surface area contributed by atoms with Crippen LogP contribution in [0.4, 0.5) is 5.69 Å². The number of anilines is 1. The number of carbonyl (C=O) groups excluding carboxylic acids is 1. The second-order valence-electron chi connectivity index (χ2n) is 7.49. The minimum atomic E-state index is -0.247. The van der Waals surface area contributed by atoms with Crippen molar-refractivity contribution in [3.05, 3.63) is 47.8 Å². The number of aromatic amines is 1. The molecule has 7 heteroatoms. The van der Waals surface area contributed by atoms with Gasteiger partial charge in [-0.05, 0) is 35.2 Å². The second kappa shape index (κ2) is 9.14. The number of H-pyrrole nitrogens is 1. The number of nitriles is 1. The van der Waals surface area contributed by atoms with Crippen molar-refractivity contribution in [1.29, 1.82) is 10.7 Å². The van der Waals surface area contributed by atoms with Gasteiger partial charge in [0.2, 0.25) is 5.91 Å². The van der Waals surface area contributed by atoms with Crippen LogP contribution in [-0.4, -0.2) is 35.4 Å². The molecule has 0 radical (unpaired) electrons. The fourth-order valence-electron chi connectivity index (χ4n) is 3.31. The predicted octanol–water partition coefficient (Wildman–Crippen LogP) is 4.52. The molecule has 0 fully saturated rings. The third-order valence-corrected chi connectivity index (χ3v) is 4.75. The molecule has 1 atom stereocenters. The number of pyridine rings is 1. The minimum Gasteiger partial charge on any atom is -0.346 e. The molecule has 0 aliphatic carbocycles. The van der Waals surface area contributed by atoms with Crippen LogP contribution in [0, 0.1) is 22.7 Å². The maximum Gasteiger partial charge on any atom is 0.224 e. The van der Waals surface area contributed by atoms with Crippen molar-refractivity contribution in [3.63, 3.8) is 0 Å². The quantitative estimate of drug-likeness (QED) is 0.506. The number of carbonyl (C=O) groups is 1. The Morgan fingerprint density at radius 3 is 2.87 bits per heavy atom. The molecular weight excluding hydrogens is 376 g/mol. The van der Waals surface area contributed by atoms with Crippen LogP contribution in [0.1, 0.15) is 37.3 Å². The molecule has 30 heavy (non-hydrogen) atoms. The van der Waals surface area contributed by atoms with E-state index < -0.39 is 0 Å². The van der Waals surface area contributed by atoms with E-state index in [0.29, 0.717) is 17.7 Å². The normalized spacial score (nSPS) is 12.2. The summed E-state index contributed by atoms with van der Waals surface area (Å²) in [4.78, 5) is 23.7. The van der Waals surface area contributed by atoms with Gasteiger partial charge in [-0.2, -0.15) is 5.26 Å². The number of aliphatic imine (C=N–C) groups is 1. The molecule has 152 valence electrons. The van der Waals surface area contributed by atoms with Crippen LogP contribution in [0.3, 0.4) is 0 Å². The van der Waals surface area contributed by atoms with E-state index in [1.165, 1.54) is 6.21 Å². The van der Waals surface area contributed by atoms with Crippen LogP contribution in [0.2, 0.25) is 0 Å². The maximum absolute atomic E-state index is 12.1. The molecule has 3 rings (SSSR count). The summed E-state index contributed by atoms with van der Waals surface area (Å²) in [6.07, 6.45) is 7.00. The maximum atomic E-state index is 12.1. The van der Waals surface area contributed by atoms with E-state index in [1.807, 2.05) is 32.2 Å². The van der Waals surface area contributed by atoms with Crippen LogP contribution < -0.4 is 5.32 Å². The lowest BCUT2D eigenvalue weighted by Gasteiger charge is -2.10. The van der Waals surface area contributed by atoms with E-state index in [9.17, 15) is 10.1 Å². The van der Waals surface area contributed by atoms with E-state index in [4.69, 9.17) is 5.41 Å². The lowest BCUT2D eigenvalue weighted by molar-refractivity contribution is -0.116. The summed E-state index contributed by atoms with van der Waals surface area (Å²) in [5, 5.41) is 21.0. The van der Waals surface area contributed by atoms with Crippen molar-refractivity contribution in [2.24, 2.45) is 10.9 Å². The molecule has 0 spiro atoms. The van der Waals surface area contributed by atoms with Gasteiger partial charge >= 0.3 is 0 Å². The molecule has 7 nitrogen and oxygen atoms in total. The molecule has 2 aromatic heterocycles. The summed E-state index contributed by atoms with van der Waals surface area (Å²) < 4.78 is 0. The Morgan fingerprint density at radius 1 is 1.40 bits per heavy atom. The number of hydrogen-bond donors (Lipinski definition) is 3. The largest absolute Gasteiger partial charge is 0.346 e. The summed E-state index contributed by atoms with van der Waals surface area (Å²) >= 11 is 0. The monoisotopic (exact) mass is 400 g/mol. The summed E-state index contributed by atoms with van der Waals surface area (Å²) in [5.41, 5.74) is 4.23. The number of benzene rings is 1. The van der Waals surface area contributed by atoms with Gasteiger partial charge in [0.25, 0.3) is 0 Å². The van der Waals surface area contributed by atoms with Gasteiger partial charge in [0.1, 0.15) is 11.7 Å². The minimum absolute atomic E-state index is 0.106. The fraction of sp³-hybridized carbons (Fsp3) is 0.261. The topological polar surface area (TPSA) is 118 Å². The molecule has 3 N–H and O–H groups in total. The molecule has 0 aliphatic heterocycles. The average Bonchev–Trinajstić information content (AvgIpc) is 3.15. The smallest absolute Gasteiger partial charge is 0.224 e. The van der Waals surface area contributed by atoms with Crippen molar-refractivity contribution < 1.29 is 4.79 Å². The number of aromatic nitrogens is 2. The molecule has 1 unspecified atom stereocenters. The number of rotatable bonds is 7. The Hall–Kier alpha value is -3.79. The third-order valence-electron chi connectivity index (χ3n) is 4.75. The molecule has 0 bridgehead atoms. The predicted molar refractivity (Wildman–Crippen MR) is 120 cm³/mol. The zero-order valence-electron chi connectivity index (χ0n) is 17.2. The molecule has 0 aliphatic rings. The Balaban J connectivity index is 2.00. The van der Waals surface area contributed by atoms with Crippen LogP contribution >= 0.6 is 0 Å². The van der Waals surface area contributed by atoms with Crippen molar-refractivity contribution in [2.75, 3.05) is 12.4 Å². The van der Waals surface area contributed by atoms with Crippen LogP contribution in [0.5, 0.6) is 0 Å². The zero-order chi connectivity index (χ0) is 21.7. The van der Waals surface area contributed by atoms with E-state index in [2.05, 4.69) is 26.3 Å². The molecule has 1 amide bonds. The lowest BCUT2D eigenvalue weighted by Crippen LogP contribution is -2.14. The lowest BCUT2D eigenvalue weighted by atomic mass is 9.98. The fourth-order valence-corrected chi connectivity index (χ4v) is 3.31. The first-order valence-electron chi connectivity index (χ1n) is 9.71. The molecule has 0 saturated heterocycles. The van der Waals surface area contributed by atoms with E-state index in [-0.39, 0.29) is 17.7 Å². The first-order chi connectivity index (χ1) is 14.5. The van der Waals surface area contributed by atoms with Gasteiger partial charge in [0.15, 0.2) is 0 Å². The molecular formula is C23H24N6O. The first-order valence-corrected chi connectivity index (χ1v) is 9.71. The van der Waals surface area contributed by atoms with Gasteiger partial charge in [-0.15, -0.1) is 0 Å². The number of hydrogen-bond acceptors (Lipinski definition) is 5. The highest BCUT2D eigenvalue weighted by molar-refractivity contribution is 5.97. The van der Waals surface area contributed by atoms with E-state index in [0.717, 1.165) is 27.7 Å². The third kappa shape index (κ3) is 4.44. The number of nitrogens with one attached hydrogen (secondary N) is 3. The molecule has 0 saturated carbocycles. The number of nitrogens with zero attached hydrogens (tertiary/aromatic N) is 3. The van der Waals surface area contributed by atoms with Crippen LogP contribution in [0.15, 0.2) is 41.7 Å². The highest BCUT2D eigenvalue weighted by Gasteiger charge is 2.14. The van der Waals surface area contributed by atoms with Gasteiger partial charge in [-0.1, -0.05) is 19.9 Å². The summed E-state index contributed by atoms with van der Waals surface area (Å²) in [6.45, 7) is 3.95. The summed E-state index contributed by atoms with van der Waals surface area (Å²) in [5.74, 6) is -0.112.